The molecular formula is C19H24BrN. The van der Waals surface area contributed by atoms with Crippen molar-refractivity contribution in [2.24, 2.45) is 5.92 Å². The van der Waals surface area contributed by atoms with Crippen molar-refractivity contribution in [1.82, 2.24) is 5.32 Å². The molecule has 2 heteroatoms. The molecule has 0 unspecified atom stereocenters. The van der Waals surface area contributed by atoms with Crippen LogP contribution in [0.15, 0.2) is 53.0 Å². The van der Waals surface area contributed by atoms with E-state index in [0.717, 1.165) is 17.4 Å². The Hall–Kier alpha value is -1.12. The topological polar surface area (TPSA) is 12.0 Å². The van der Waals surface area contributed by atoms with E-state index in [9.17, 15) is 0 Å². The highest BCUT2D eigenvalue weighted by atomic mass is 79.9. The first-order valence-electron chi connectivity index (χ1n) is 7.61. The van der Waals surface area contributed by atoms with Gasteiger partial charge in [-0.1, -0.05) is 66.2 Å². The molecule has 0 bridgehead atoms. The Bertz CT molecular complexity index is 560. The Morgan fingerprint density at radius 2 is 1.62 bits per heavy atom. The van der Waals surface area contributed by atoms with E-state index in [4.69, 9.17) is 0 Å². The number of rotatable bonds is 6. The van der Waals surface area contributed by atoms with E-state index in [1.165, 1.54) is 16.7 Å². The molecular weight excluding hydrogens is 322 g/mol. The zero-order chi connectivity index (χ0) is 15.2. The van der Waals surface area contributed by atoms with E-state index in [1.807, 2.05) is 0 Å². The summed E-state index contributed by atoms with van der Waals surface area (Å²) >= 11 is 3.53. The van der Waals surface area contributed by atoms with E-state index >= 15 is 0 Å². The average Bonchev–Trinajstić information content (AvgIpc) is 2.45. The Morgan fingerprint density at radius 1 is 0.952 bits per heavy atom. The molecule has 1 nitrogen and oxygen atoms in total. The summed E-state index contributed by atoms with van der Waals surface area (Å²) in [6, 6.07) is 17.8. The van der Waals surface area contributed by atoms with Crippen LogP contribution >= 0.6 is 15.9 Å². The van der Waals surface area contributed by atoms with E-state index in [0.29, 0.717) is 12.0 Å². The smallest absolute Gasteiger partial charge is 0.0295 e. The summed E-state index contributed by atoms with van der Waals surface area (Å²) in [6.45, 7) is 7.62. The molecule has 0 saturated heterocycles. The highest BCUT2D eigenvalue weighted by Gasteiger charge is 2.05. The number of hydrogen-bond donors (Lipinski definition) is 1. The van der Waals surface area contributed by atoms with Gasteiger partial charge in [0.2, 0.25) is 0 Å². The molecule has 21 heavy (non-hydrogen) atoms. The molecule has 0 heterocycles. The Balaban J connectivity index is 1.90. The first kappa shape index (κ1) is 16.3. The second kappa shape index (κ2) is 7.77. The maximum atomic E-state index is 3.58. The molecule has 0 fully saturated rings. The largest absolute Gasteiger partial charge is 0.306 e. The van der Waals surface area contributed by atoms with Crippen LogP contribution in [0.1, 0.15) is 43.5 Å². The number of hydrogen-bond acceptors (Lipinski definition) is 1. The third kappa shape index (κ3) is 5.29. The van der Waals surface area contributed by atoms with Crippen molar-refractivity contribution in [3.8, 4) is 0 Å². The van der Waals surface area contributed by atoms with Crippen molar-refractivity contribution in [2.45, 2.75) is 39.8 Å². The molecule has 112 valence electrons. The first-order chi connectivity index (χ1) is 10.0. The maximum Gasteiger partial charge on any atom is 0.0295 e. The third-order valence-electron chi connectivity index (χ3n) is 3.63. The van der Waals surface area contributed by atoms with Crippen molar-refractivity contribution in [3.63, 3.8) is 0 Å². The van der Waals surface area contributed by atoms with Gasteiger partial charge < -0.3 is 5.32 Å². The van der Waals surface area contributed by atoms with Crippen molar-refractivity contribution < 1.29 is 0 Å². The number of halogens is 1. The van der Waals surface area contributed by atoms with Gasteiger partial charge in [0.15, 0.2) is 0 Å². The zero-order valence-electron chi connectivity index (χ0n) is 13.1. The molecule has 0 amide bonds. The number of nitrogens with one attached hydrogen (secondary N) is 1. The quantitative estimate of drug-likeness (QED) is 0.728. The normalized spacial score (nSPS) is 12.6. The summed E-state index contributed by atoms with van der Waals surface area (Å²) < 4.78 is 1.13. The highest BCUT2D eigenvalue weighted by Crippen LogP contribution is 2.18. The fourth-order valence-electron chi connectivity index (χ4n) is 2.43. The van der Waals surface area contributed by atoms with Crippen molar-refractivity contribution in [1.29, 1.82) is 0 Å². The molecule has 0 aliphatic carbocycles. The summed E-state index contributed by atoms with van der Waals surface area (Å²) in [4.78, 5) is 0. The van der Waals surface area contributed by atoms with Gasteiger partial charge in [-0.2, -0.15) is 0 Å². The van der Waals surface area contributed by atoms with Crippen molar-refractivity contribution in [3.05, 3.63) is 69.7 Å². The third-order valence-corrected chi connectivity index (χ3v) is 4.12. The van der Waals surface area contributed by atoms with Crippen LogP contribution in [0.4, 0.5) is 0 Å². The van der Waals surface area contributed by atoms with Crippen LogP contribution in [0.2, 0.25) is 0 Å². The number of benzene rings is 2. The molecule has 0 aliphatic rings. The predicted octanol–water partition coefficient (Wildman–Crippen LogP) is 5.50. The van der Waals surface area contributed by atoms with Gasteiger partial charge in [-0.3, -0.25) is 0 Å². The van der Waals surface area contributed by atoms with E-state index in [-0.39, 0.29) is 0 Å². The monoisotopic (exact) mass is 345 g/mol. The molecule has 0 spiro atoms. The second-order valence-electron chi connectivity index (χ2n) is 6.07. The van der Waals surface area contributed by atoms with Crippen LogP contribution in [0.3, 0.4) is 0 Å². The van der Waals surface area contributed by atoms with Gasteiger partial charge in [-0.25, -0.2) is 0 Å². The molecule has 0 radical (unpaired) electrons. The van der Waals surface area contributed by atoms with E-state index < -0.39 is 0 Å². The van der Waals surface area contributed by atoms with Gasteiger partial charge in [0.25, 0.3) is 0 Å². The highest BCUT2D eigenvalue weighted by molar-refractivity contribution is 9.10. The minimum Gasteiger partial charge on any atom is -0.306 e. The SMILES string of the molecule is CC(C)Cc1ccc(CN[C@H](C)c2cccc(Br)c2)cc1. The first-order valence-corrected chi connectivity index (χ1v) is 8.40. The Morgan fingerprint density at radius 3 is 2.24 bits per heavy atom. The zero-order valence-corrected chi connectivity index (χ0v) is 14.7. The van der Waals surface area contributed by atoms with Crippen LogP contribution in [0, 0.1) is 5.92 Å². The maximum absolute atomic E-state index is 3.58. The van der Waals surface area contributed by atoms with Crippen LogP contribution in [0.5, 0.6) is 0 Å². The van der Waals surface area contributed by atoms with Crippen LogP contribution in [-0.4, -0.2) is 0 Å². The summed E-state index contributed by atoms with van der Waals surface area (Å²) in [5.41, 5.74) is 4.07. The molecule has 1 N–H and O–H groups in total. The van der Waals surface area contributed by atoms with Gasteiger partial charge in [-0.15, -0.1) is 0 Å². The summed E-state index contributed by atoms with van der Waals surface area (Å²) in [6.07, 6.45) is 1.15. The predicted molar refractivity (Wildman–Crippen MR) is 94.4 cm³/mol. The molecule has 0 saturated carbocycles. The summed E-state index contributed by atoms with van der Waals surface area (Å²) in [5, 5.41) is 3.58. The Kier molecular flexibility index (Phi) is 6.01. The van der Waals surface area contributed by atoms with Crippen molar-refractivity contribution in [2.75, 3.05) is 0 Å². The summed E-state index contributed by atoms with van der Waals surface area (Å²) in [5.74, 6) is 0.713. The minimum absolute atomic E-state index is 0.345. The van der Waals surface area contributed by atoms with Crippen LogP contribution < -0.4 is 5.32 Å². The Labute approximate surface area is 136 Å². The lowest BCUT2D eigenvalue weighted by Gasteiger charge is -2.15. The fraction of sp³-hybridized carbons (Fsp3) is 0.368. The lowest BCUT2D eigenvalue weighted by molar-refractivity contribution is 0.574. The summed E-state index contributed by atoms with van der Waals surface area (Å²) in [7, 11) is 0. The lowest BCUT2D eigenvalue weighted by Crippen LogP contribution is -2.18. The lowest BCUT2D eigenvalue weighted by atomic mass is 10.0. The average molecular weight is 346 g/mol. The standard InChI is InChI=1S/C19H24BrN/c1-14(2)11-16-7-9-17(10-8-16)13-21-15(3)18-5-4-6-19(20)12-18/h4-10,12,14-15,21H,11,13H2,1-3H3/t15-/m1/s1. The van der Waals surface area contributed by atoms with Gasteiger partial charge in [0.05, 0.1) is 0 Å². The van der Waals surface area contributed by atoms with Gasteiger partial charge in [-0.05, 0) is 48.1 Å². The van der Waals surface area contributed by atoms with Gasteiger partial charge >= 0.3 is 0 Å². The molecule has 0 aromatic heterocycles. The molecule has 2 aromatic carbocycles. The van der Waals surface area contributed by atoms with E-state index in [2.05, 4.69) is 90.5 Å². The molecule has 0 aliphatic heterocycles. The van der Waals surface area contributed by atoms with E-state index in [1.54, 1.807) is 0 Å². The molecule has 2 aromatic rings. The second-order valence-corrected chi connectivity index (χ2v) is 6.99. The van der Waals surface area contributed by atoms with Crippen molar-refractivity contribution >= 4 is 15.9 Å². The minimum atomic E-state index is 0.345. The fourth-order valence-corrected chi connectivity index (χ4v) is 2.85. The van der Waals surface area contributed by atoms with Crippen LogP contribution in [-0.2, 0) is 13.0 Å². The van der Waals surface area contributed by atoms with Crippen LogP contribution in [0.25, 0.3) is 0 Å². The van der Waals surface area contributed by atoms with Gasteiger partial charge in [0, 0.05) is 17.1 Å². The molecule has 2 rings (SSSR count). The molecule has 1 atom stereocenters. The van der Waals surface area contributed by atoms with Gasteiger partial charge in [0.1, 0.15) is 0 Å².